The molecule has 8 heteroatoms. The fraction of sp³-hybridized carbons (Fsp3) is 0.294. The van der Waals surface area contributed by atoms with Gasteiger partial charge in [-0.15, -0.1) is 0 Å². The number of rotatable bonds is 7. The lowest BCUT2D eigenvalue weighted by molar-refractivity contribution is -0.384. The van der Waals surface area contributed by atoms with Gasteiger partial charge in [0.25, 0.3) is 5.69 Å². The van der Waals surface area contributed by atoms with Gasteiger partial charge in [0.15, 0.2) is 9.84 Å². The second-order valence-corrected chi connectivity index (χ2v) is 7.78. The van der Waals surface area contributed by atoms with E-state index in [4.69, 9.17) is 4.74 Å². The molecule has 2 aromatic rings. The molecule has 7 nitrogen and oxygen atoms in total. The second kappa shape index (κ2) is 7.52. The average molecular weight is 364 g/mol. The van der Waals surface area contributed by atoms with Gasteiger partial charge in [-0.1, -0.05) is 12.1 Å². The molecular weight excluding hydrogens is 344 g/mol. The van der Waals surface area contributed by atoms with Gasteiger partial charge in [-0.25, -0.2) is 8.42 Å². The molecular formula is C17H20N2O5S. The Kier molecular flexibility index (Phi) is 5.63. The zero-order chi connectivity index (χ0) is 18.6. The maximum Gasteiger partial charge on any atom is 0.293 e. The van der Waals surface area contributed by atoms with E-state index in [0.717, 1.165) is 23.6 Å². The van der Waals surface area contributed by atoms with E-state index >= 15 is 0 Å². The molecule has 0 aliphatic rings. The number of aryl methyl sites for hydroxylation is 1. The highest BCUT2D eigenvalue weighted by molar-refractivity contribution is 7.90. The Bertz CT molecular complexity index is 880. The van der Waals surface area contributed by atoms with Crippen LogP contribution >= 0.6 is 0 Å². The SMILES string of the molecule is Cc1cccc(OCCN(C)c2ccc(S(C)(=O)=O)cc2[N+](=O)[O-])c1. The van der Waals surface area contributed by atoms with Crippen molar-refractivity contribution in [2.45, 2.75) is 11.8 Å². The number of nitrogens with zero attached hydrogens (tertiary/aromatic N) is 2. The normalized spacial score (nSPS) is 11.2. The molecule has 2 rings (SSSR count). The highest BCUT2D eigenvalue weighted by Crippen LogP contribution is 2.30. The lowest BCUT2D eigenvalue weighted by Gasteiger charge is -2.19. The molecule has 0 saturated heterocycles. The van der Waals surface area contributed by atoms with Gasteiger partial charge in [0, 0.05) is 19.4 Å². The lowest BCUT2D eigenvalue weighted by atomic mass is 10.2. The molecule has 0 atom stereocenters. The molecule has 0 spiro atoms. The van der Waals surface area contributed by atoms with Crippen LogP contribution in [0.1, 0.15) is 5.56 Å². The summed E-state index contributed by atoms with van der Waals surface area (Å²) in [4.78, 5) is 12.3. The predicted molar refractivity (Wildman–Crippen MR) is 96.2 cm³/mol. The van der Waals surface area contributed by atoms with Gasteiger partial charge < -0.3 is 9.64 Å². The Labute approximate surface area is 146 Å². The minimum Gasteiger partial charge on any atom is -0.492 e. The number of ether oxygens (including phenoxy) is 1. The number of anilines is 1. The van der Waals surface area contributed by atoms with Crippen LogP contribution in [-0.2, 0) is 9.84 Å². The van der Waals surface area contributed by atoms with Crippen molar-refractivity contribution in [2.24, 2.45) is 0 Å². The summed E-state index contributed by atoms with van der Waals surface area (Å²) < 4.78 is 28.8. The first-order valence-corrected chi connectivity index (χ1v) is 9.47. The van der Waals surface area contributed by atoms with Crippen molar-refractivity contribution in [1.29, 1.82) is 0 Å². The summed E-state index contributed by atoms with van der Waals surface area (Å²) in [5.74, 6) is 0.732. The Balaban J connectivity index is 2.13. The highest BCUT2D eigenvalue weighted by Gasteiger charge is 2.21. The number of hydrogen-bond donors (Lipinski definition) is 0. The largest absolute Gasteiger partial charge is 0.492 e. The molecule has 25 heavy (non-hydrogen) atoms. The van der Waals surface area contributed by atoms with E-state index in [1.54, 1.807) is 11.9 Å². The zero-order valence-corrected chi connectivity index (χ0v) is 15.1. The highest BCUT2D eigenvalue weighted by atomic mass is 32.2. The first-order chi connectivity index (χ1) is 11.7. The Hall–Kier alpha value is -2.61. The maximum atomic E-state index is 11.6. The van der Waals surface area contributed by atoms with E-state index in [2.05, 4.69) is 0 Å². The minimum absolute atomic E-state index is 0.0765. The van der Waals surface area contributed by atoms with Crippen molar-refractivity contribution in [3.63, 3.8) is 0 Å². The van der Waals surface area contributed by atoms with Crippen molar-refractivity contribution in [3.8, 4) is 5.75 Å². The van der Waals surface area contributed by atoms with Gasteiger partial charge in [0.2, 0.25) is 0 Å². The lowest BCUT2D eigenvalue weighted by Crippen LogP contribution is -2.24. The van der Waals surface area contributed by atoms with Gasteiger partial charge in [-0.2, -0.15) is 0 Å². The summed E-state index contributed by atoms with van der Waals surface area (Å²) >= 11 is 0. The van der Waals surface area contributed by atoms with Crippen molar-refractivity contribution in [1.82, 2.24) is 0 Å². The van der Waals surface area contributed by atoms with Gasteiger partial charge in [0.1, 0.15) is 18.0 Å². The van der Waals surface area contributed by atoms with Gasteiger partial charge >= 0.3 is 0 Å². The summed E-state index contributed by atoms with van der Waals surface area (Å²) in [5.41, 5.74) is 1.17. The topological polar surface area (TPSA) is 89.8 Å². The van der Waals surface area contributed by atoms with Crippen molar-refractivity contribution >= 4 is 21.2 Å². The number of nitro groups is 1. The van der Waals surface area contributed by atoms with Crippen LogP contribution in [0.3, 0.4) is 0 Å². The van der Waals surface area contributed by atoms with Crippen molar-refractivity contribution in [2.75, 3.05) is 31.4 Å². The third-order valence-electron chi connectivity index (χ3n) is 3.67. The summed E-state index contributed by atoms with van der Waals surface area (Å²) in [5, 5.41) is 11.3. The molecule has 2 aromatic carbocycles. The van der Waals surface area contributed by atoms with E-state index in [9.17, 15) is 18.5 Å². The van der Waals surface area contributed by atoms with E-state index in [1.807, 2.05) is 31.2 Å². The van der Waals surface area contributed by atoms with E-state index in [0.29, 0.717) is 18.8 Å². The van der Waals surface area contributed by atoms with Crippen LogP contribution in [0.25, 0.3) is 0 Å². The monoisotopic (exact) mass is 364 g/mol. The molecule has 0 N–H and O–H groups in total. The molecule has 134 valence electrons. The molecule has 0 fully saturated rings. The molecule has 0 aliphatic carbocycles. The van der Waals surface area contributed by atoms with Crippen molar-refractivity contribution in [3.05, 3.63) is 58.1 Å². The molecule has 0 saturated carbocycles. The molecule has 0 unspecified atom stereocenters. The van der Waals surface area contributed by atoms with Crippen LogP contribution in [0, 0.1) is 17.0 Å². The standard InChI is InChI=1S/C17H20N2O5S/c1-13-5-4-6-14(11-13)24-10-9-18(2)16-8-7-15(25(3,22)23)12-17(16)19(20)21/h4-8,11-12H,9-10H2,1-3H3. The van der Waals surface area contributed by atoms with Crippen LogP contribution < -0.4 is 9.64 Å². The number of nitro benzene ring substituents is 1. The summed E-state index contributed by atoms with van der Waals surface area (Å²) in [6, 6.07) is 11.5. The van der Waals surface area contributed by atoms with Gasteiger partial charge in [-0.05, 0) is 36.8 Å². The second-order valence-electron chi connectivity index (χ2n) is 5.77. The predicted octanol–water partition coefficient (Wildman–Crippen LogP) is 2.82. The van der Waals surface area contributed by atoms with Crippen LogP contribution in [0.4, 0.5) is 11.4 Å². The summed E-state index contributed by atoms with van der Waals surface area (Å²) in [6.45, 7) is 2.71. The van der Waals surface area contributed by atoms with E-state index in [-0.39, 0.29) is 10.6 Å². The summed E-state index contributed by atoms with van der Waals surface area (Å²) in [7, 11) is -1.81. The third kappa shape index (κ3) is 4.93. The Morgan fingerprint density at radius 2 is 1.92 bits per heavy atom. The fourth-order valence-electron chi connectivity index (χ4n) is 2.33. The van der Waals surface area contributed by atoms with Gasteiger partial charge in [-0.3, -0.25) is 10.1 Å². The molecule has 0 aliphatic heterocycles. The Morgan fingerprint density at radius 1 is 1.20 bits per heavy atom. The first-order valence-electron chi connectivity index (χ1n) is 7.57. The van der Waals surface area contributed by atoms with E-state index < -0.39 is 14.8 Å². The van der Waals surface area contributed by atoms with Crippen LogP contribution in [0.15, 0.2) is 47.4 Å². The Morgan fingerprint density at radius 3 is 2.52 bits per heavy atom. The molecule has 0 bridgehead atoms. The van der Waals surface area contributed by atoms with Gasteiger partial charge in [0.05, 0.1) is 16.4 Å². The summed E-state index contributed by atoms with van der Waals surface area (Å²) in [6.07, 6.45) is 1.02. The number of likely N-dealkylation sites (N-methyl/N-ethyl adjacent to an activating group) is 1. The number of hydrogen-bond acceptors (Lipinski definition) is 6. The van der Waals surface area contributed by atoms with Crippen LogP contribution in [-0.4, -0.2) is 39.8 Å². The zero-order valence-electron chi connectivity index (χ0n) is 14.3. The fourth-order valence-corrected chi connectivity index (χ4v) is 2.97. The third-order valence-corrected chi connectivity index (χ3v) is 4.78. The smallest absolute Gasteiger partial charge is 0.293 e. The van der Waals surface area contributed by atoms with E-state index in [1.165, 1.54) is 12.1 Å². The minimum atomic E-state index is -3.51. The first kappa shape index (κ1) is 18.7. The molecule has 0 aromatic heterocycles. The molecule has 0 radical (unpaired) electrons. The maximum absolute atomic E-state index is 11.6. The average Bonchev–Trinajstić information content (AvgIpc) is 2.53. The molecule has 0 amide bonds. The van der Waals surface area contributed by atoms with Crippen molar-refractivity contribution < 1.29 is 18.1 Å². The number of sulfone groups is 1. The van der Waals surface area contributed by atoms with Crippen LogP contribution in [0.5, 0.6) is 5.75 Å². The molecule has 0 heterocycles. The van der Waals surface area contributed by atoms with Crippen LogP contribution in [0.2, 0.25) is 0 Å². The number of benzene rings is 2. The quantitative estimate of drug-likeness (QED) is 0.554.